The maximum absolute atomic E-state index is 11.8. The molecule has 0 heterocycles. The predicted octanol–water partition coefficient (Wildman–Crippen LogP) is 4.42. The van der Waals surface area contributed by atoms with Crippen molar-refractivity contribution in [3.63, 3.8) is 0 Å². The summed E-state index contributed by atoms with van der Waals surface area (Å²) in [6.45, 7) is 5.85. The van der Waals surface area contributed by atoms with Crippen molar-refractivity contribution in [2.75, 3.05) is 0 Å². The van der Waals surface area contributed by atoms with Crippen molar-refractivity contribution in [1.29, 1.82) is 0 Å². The number of ketones is 1. The van der Waals surface area contributed by atoms with Crippen LogP contribution in [0.1, 0.15) is 37.0 Å². The van der Waals surface area contributed by atoms with E-state index in [0.717, 1.165) is 24.0 Å². The molecule has 0 aromatic heterocycles. The van der Waals surface area contributed by atoms with Crippen LogP contribution >= 0.6 is 0 Å². The number of rotatable bonds is 3. The number of carbonyl (C=O) groups excluding carboxylic acids is 1. The van der Waals surface area contributed by atoms with Crippen molar-refractivity contribution < 1.29 is 4.79 Å². The molecule has 1 nitrogen and oxygen atoms in total. The lowest BCUT2D eigenvalue weighted by atomic mass is 9.87. The average Bonchev–Trinajstić information content (AvgIpc) is 2.39. The van der Waals surface area contributed by atoms with E-state index in [0.29, 0.717) is 0 Å². The topological polar surface area (TPSA) is 17.1 Å². The zero-order valence-electron chi connectivity index (χ0n) is 11.9. The smallest absolute Gasteiger partial charge is 0.160 e. The summed E-state index contributed by atoms with van der Waals surface area (Å²) >= 11 is 0. The second-order valence-electron chi connectivity index (χ2n) is 4.96. The Balaban J connectivity index is 2.47. The van der Waals surface area contributed by atoms with Gasteiger partial charge in [0, 0.05) is 5.57 Å². The quantitative estimate of drug-likeness (QED) is 0.728. The molecule has 1 aliphatic carbocycles. The minimum Gasteiger partial charge on any atom is -0.295 e. The first kappa shape index (κ1) is 13.5. The second kappa shape index (κ2) is 5.83. The van der Waals surface area contributed by atoms with Gasteiger partial charge in [0.2, 0.25) is 0 Å². The molecule has 1 heteroatoms. The van der Waals surface area contributed by atoms with Gasteiger partial charge in [-0.2, -0.15) is 0 Å². The number of Topliss-reactive ketones (excluding diaryl/α,β-unsaturated/α-hetero) is 1. The van der Waals surface area contributed by atoms with Gasteiger partial charge in [0.15, 0.2) is 5.78 Å². The van der Waals surface area contributed by atoms with Crippen LogP contribution in [-0.4, -0.2) is 5.78 Å². The highest BCUT2D eigenvalue weighted by atomic mass is 16.1. The Morgan fingerprint density at radius 2 is 2.11 bits per heavy atom. The van der Waals surface area contributed by atoms with Crippen LogP contribution < -0.4 is 0 Å². The molecule has 0 N–H and O–H groups in total. The Morgan fingerprint density at radius 1 is 1.32 bits per heavy atom. The van der Waals surface area contributed by atoms with E-state index in [1.165, 1.54) is 16.7 Å². The number of aryl methyl sites for hydroxylation is 1. The van der Waals surface area contributed by atoms with Crippen molar-refractivity contribution in [2.45, 2.75) is 33.6 Å². The summed E-state index contributed by atoms with van der Waals surface area (Å²) in [5, 5.41) is 0. The Labute approximate surface area is 115 Å². The van der Waals surface area contributed by atoms with Crippen LogP contribution in [0.25, 0.3) is 6.08 Å². The first-order valence-corrected chi connectivity index (χ1v) is 6.80. The molecule has 1 aromatic carbocycles. The normalized spacial score (nSPS) is 16.6. The number of hydrogen-bond donors (Lipinski definition) is 0. The molecule has 0 radical (unpaired) electrons. The molecule has 0 saturated carbocycles. The van der Waals surface area contributed by atoms with Gasteiger partial charge in [0.1, 0.15) is 0 Å². The summed E-state index contributed by atoms with van der Waals surface area (Å²) < 4.78 is 0. The van der Waals surface area contributed by atoms with Crippen molar-refractivity contribution in [3.05, 3.63) is 64.3 Å². The fraction of sp³-hybridized carbons (Fsp3) is 0.278. The van der Waals surface area contributed by atoms with E-state index in [9.17, 15) is 4.79 Å². The van der Waals surface area contributed by atoms with E-state index >= 15 is 0 Å². The summed E-state index contributed by atoms with van der Waals surface area (Å²) in [5.74, 6) is 0.140. The molecule has 1 aliphatic rings. The highest BCUT2D eigenvalue weighted by molar-refractivity contribution is 5.97. The molecule has 0 aliphatic heterocycles. The largest absolute Gasteiger partial charge is 0.295 e. The van der Waals surface area contributed by atoms with Crippen molar-refractivity contribution in [2.24, 2.45) is 0 Å². The monoisotopic (exact) mass is 252 g/mol. The third-order valence-electron chi connectivity index (χ3n) is 3.52. The van der Waals surface area contributed by atoms with Crippen molar-refractivity contribution in [1.82, 2.24) is 0 Å². The standard InChI is InChI=1S/C18H20O/c1-4-5-9-17(14(3)19)16-11-10-15-8-6-7-13(2)18(15)12-16/h5-11H,4,12H2,1-3H3/b9-5-,17-16+. The van der Waals surface area contributed by atoms with Crippen LogP contribution in [0, 0.1) is 6.92 Å². The van der Waals surface area contributed by atoms with Gasteiger partial charge in [-0.15, -0.1) is 0 Å². The van der Waals surface area contributed by atoms with Crippen LogP contribution in [0.4, 0.5) is 0 Å². The van der Waals surface area contributed by atoms with E-state index in [-0.39, 0.29) is 5.78 Å². The van der Waals surface area contributed by atoms with Crippen LogP contribution in [0.5, 0.6) is 0 Å². The maximum Gasteiger partial charge on any atom is 0.160 e. The maximum atomic E-state index is 11.8. The molecule has 0 amide bonds. The van der Waals surface area contributed by atoms with E-state index in [1.54, 1.807) is 6.92 Å². The van der Waals surface area contributed by atoms with Crippen molar-refractivity contribution in [3.8, 4) is 0 Å². The molecular formula is C18H20O. The first-order chi connectivity index (χ1) is 9.13. The summed E-state index contributed by atoms with van der Waals surface area (Å²) in [6.07, 6.45) is 10.0. The average molecular weight is 252 g/mol. The van der Waals surface area contributed by atoms with Crippen LogP contribution in [0.15, 0.2) is 47.6 Å². The van der Waals surface area contributed by atoms with Gasteiger partial charge in [-0.3, -0.25) is 4.79 Å². The van der Waals surface area contributed by atoms with Gasteiger partial charge >= 0.3 is 0 Å². The summed E-state index contributed by atoms with van der Waals surface area (Å²) in [6, 6.07) is 6.34. The highest BCUT2D eigenvalue weighted by Crippen LogP contribution is 2.27. The van der Waals surface area contributed by atoms with E-state index in [4.69, 9.17) is 0 Å². The van der Waals surface area contributed by atoms with Gasteiger partial charge in [0.05, 0.1) is 0 Å². The van der Waals surface area contributed by atoms with Gasteiger partial charge in [-0.05, 0) is 49.0 Å². The van der Waals surface area contributed by atoms with Crippen LogP contribution in [0.3, 0.4) is 0 Å². The molecule has 0 atom stereocenters. The van der Waals surface area contributed by atoms with Gasteiger partial charge in [-0.25, -0.2) is 0 Å². The Morgan fingerprint density at radius 3 is 2.79 bits per heavy atom. The second-order valence-corrected chi connectivity index (χ2v) is 4.96. The fourth-order valence-electron chi connectivity index (χ4n) is 2.43. The highest BCUT2D eigenvalue weighted by Gasteiger charge is 2.14. The Kier molecular flexibility index (Phi) is 4.16. The zero-order chi connectivity index (χ0) is 13.8. The van der Waals surface area contributed by atoms with Gasteiger partial charge in [0.25, 0.3) is 0 Å². The first-order valence-electron chi connectivity index (χ1n) is 6.80. The Hall–Kier alpha value is -1.89. The van der Waals surface area contributed by atoms with E-state index < -0.39 is 0 Å². The predicted molar refractivity (Wildman–Crippen MR) is 81.1 cm³/mol. The lowest BCUT2D eigenvalue weighted by Crippen LogP contribution is -2.06. The lowest BCUT2D eigenvalue weighted by molar-refractivity contribution is -0.113. The third-order valence-corrected chi connectivity index (χ3v) is 3.52. The SMILES string of the molecule is CC/C=C\C(C(C)=O)=C1\C=Cc2cccc(C)c2C1. The third kappa shape index (κ3) is 2.93. The van der Waals surface area contributed by atoms with Gasteiger partial charge < -0.3 is 0 Å². The summed E-state index contributed by atoms with van der Waals surface area (Å²) in [7, 11) is 0. The van der Waals surface area contributed by atoms with Gasteiger partial charge in [-0.1, -0.05) is 49.4 Å². The summed E-state index contributed by atoms with van der Waals surface area (Å²) in [5.41, 5.74) is 5.86. The number of allylic oxidation sites excluding steroid dienone is 5. The number of carbonyl (C=O) groups is 1. The van der Waals surface area contributed by atoms with Crippen molar-refractivity contribution >= 4 is 11.9 Å². The fourth-order valence-corrected chi connectivity index (χ4v) is 2.43. The molecule has 0 saturated heterocycles. The number of fused-ring (bicyclic) bond motifs is 1. The van der Waals surface area contributed by atoms with E-state index in [1.807, 2.05) is 12.2 Å². The Bertz CT molecular complexity index is 586. The molecule has 98 valence electrons. The van der Waals surface area contributed by atoms with E-state index in [2.05, 4.69) is 44.2 Å². The summed E-state index contributed by atoms with van der Waals surface area (Å²) in [4.78, 5) is 11.8. The minimum atomic E-state index is 0.140. The molecule has 19 heavy (non-hydrogen) atoms. The molecule has 0 fully saturated rings. The molecule has 0 spiro atoms. The molecule has 0 unspecified atom stereocenters. The molecule has 2 rings (SSSR count). The minimum absolute atomic E-state index is 0.140. The molecule has 1 aromatic rings. The molecular weight excluding hydrogens is 232 g/mol. The van der Waals surface area contributed by atoms with Crippen LogP contribution in [-0.2, 0) is 11.2 Å². The van der Waals surface area contributed by atoms with Crippen LogP contribution in [0.2, 0.25) is 0 Å². The molecule has 0 bridgehead atoms. The number of hydrogen-bond acceptors (Lipinski definition) is 1. The lowest BCUT2D eigenvalue weighted by Gasteiger charge is -2.17. The zero-order valence-corrected chi connectivity index (χ0v) is 11.9. The number of benzene rings is 1.